The molecule has 138 valence electrons. The van der Waals surface area contributed by atoms with Crippen LogP contribution in [0.4, 0.5) is 0 Å². The number of likely N-dealkylation sites (tertiary alicyclic amines) is 1. The van der Waals surface area contributed by atoms with E-state index in [1.165, 1.54) is 25.1 Å². The summed E-state index contributed by atoms with van der Waals surface area (Å²) in [6.45, 7) is 8.87. The van der Waals surface area contributed by atoms with E-state index in [0.717, 1.165) is 42.5 Å². The molecule has 1 saturated heterocycles. The number of amides is 1. The first-order chi connectivity index (χ1) is 12.6. The van der Waals surface area contributed by atoms with Crippen molar-refractivity contribution >= 4 is 5.91 Å². The van der Waals surface area contributed by atoms with Crippen LogP contribution >= 0.6 is 0 Å². The maximum absolute atomic E-state index is 12.3. The zero-order valence-electron chi connectivity index (χ0n) is 15.9. The van der Waals surface area contributed by atoms with Gasteiger partial charge in [0.2, 0.25) is 0 Å². The Morgan fingerprint density at radius 3 is 2.23 bits per heavy atom. The lowest BCUT2D eigenvalue weighted by molar-refractivity contribution is 0.0947. The summed E-state index contributed by atoms with van der Waals surface area (Å²) in [4.78, 5) is 14.9. The first-order valence-electron chi connectivity index (χ1n) is 9.78. The van der Waals surface area contributed by atoms with Crippen molar-refractivity contribution in [1.29, 1.82) is 0 Å². The van der Waals surface area contributed by atoms with Gasteiger partial charge in [-0.1, -0.05) is 56.3 Å². The first-order valence-corrected chi connectivity index (χ1v) is 9.78. The normalized spacial score (nSPS) is 20.7. The Morgan fingerprint density at radius 1 is 0.962 bits per heavy atom. The van der Waals surface area contributed by atoms with E-state index in [4.69, 9.17) is 0 Å². The van der Waals surface area contributed by atoms with Crippen molar-refractivity contribution in [1.82, 2.24) is 10.2 Å². The van der Waals surface area contributed by atoms with Crippen LogP contribution in [0.5, 0.6) is 0 Å². The predicted octanol–water partition coefficient (Wildman–Crippen LogP) is 4.45. The van der Waals surface area contributed by atoms with Gasteiger partial charge in [0.1, 0.15) is 0 Å². The molecule has 0 spiro atoms. The standard InChI is InChI=1S/C23H30N2O/c1-18-15-19(2)17-25(16-18)14-6-13-24-23(26)22-11-9-21(10-12-22)20-7-4-3-5-8-20/h3-5,7-12,18-19H,6,13-17H2,1-2H3,(H,24,26)/t18-,19+. The van der Waals surface area contributed by atoms with Crippen molar-refractivity contribution < 1.29 is 4.79 Å². The number of nitrogens with one attached hydrogen (secondary N) is 1. The highest BCUT2D eigenvalue weighted by Gasteiger charge is 2.21. The Hall–Kier alpha value is -2.13. The van der Waals surface area contributed by atoms with Crippen molar-refractivity contribution in [2.75, 3.05) is 26.2 Å². The molecule has 1 N–H and O–H groups in total. The van der Waals surface area contributed by atoms with E-state index in [1.54, 1.807) is 0 Å². The van der Waals surface area contributed by atoms with E-state index in [1.807, 2.05) is 42.5 Å². The summed E-state index contributed by atoms with van der Waals surface area (Å²) in [5, 5.41) is 3.05. The number of carbonyl (C=O) groups excluding carboxylic acids is 1. The van der Waals surface area contributed by atoms with E-state index < -0.39 is 0 Å². The molecule has 0 saturated carbocycles. The Labute approximate surface area is 157 Å². The van der Waals surface area contributed by atoms with Gasteiger partial charge in [0.15, 0.2) is 0 Å². The number of benzene rings is 2. The second-order valence-corrected chi connectivity index (χ2v) is 7.76. The first kappa shape index (κ1) is 18.7. The van der Waals surface area contributed by atoms with Gasteiger partial charge in [-0.3, -0.25) is 4.79 Å². The molecule has 0 bridgehead atoms. The Kier molecular flexibility index (Phi) is 6.45. The Morgan fingerprint density at radius 2 is 1.58 bits per heavy atom. The summed E-state index contributed by atoms with van der Waals surface area (Å²) in [6.07, 6.45) is 2.35. The number of hydrogen-bond acceptors (Lipinski definition) is 2. The molecule has 0 aromatic heterocycles. The van der Waals surface area contributed by atoms with Crippen LogP contribution in [0.25, 0.3) is 11.1 Å². The number of rotatable bonds is 6. The minimum absolute atomic E-state index is 0.0185. The fourth-order valence-electron chi connectivity index (χ4n) is 4.03. The predicted molar refractivity (Wildman–Crippen MR) is 108 cm³/mol. The van der Waals surface area contributed by atoms with Crippen molar-refractivity contribution in [2.24, 2.45) is 11.8 Å². The quantitative estimate of drug-likeness (QED) is 0.781. The molecule has 0 radical (unpaired) electrons. The lowest BCUT2D eigenvalue weighted by atomic mass is 9.92. The van der Waals surface area contributed by atoms with E-state index in [9.17, 15) is 4.79 Å². The summed E-state index contributed by atoms with van der Waals surface area (Å²) in [6, 6.07) is 18.1. The van der Waals surface area contributed by atoms with E-state index >= 15 is 0 Å². The number of piperidine rings is 1. The molecule has 0 unspecified atom stereocenters. The van der Waals surface area contributed by atoms with Crippen LogP contribution in [0.15, 0.2) is 54.6 Å². The fraction of sp³-hybridized carbons (Fsp3) is 0.435. The average Bonchev–Trinajstić information content (AvgIpc) is 2.65. The van der Waals surface area contributed by atoms with Crippen LogP contribution in [0, 0.1) is 11.8 Å². The van der Waals surface area contributed by atoms with Gasteiger partial charge in [0, 0.05) is 25.2 Å². The molecule has 1 amide bonds. The van der Waals surface area contributed by atoms with Crippen LogP contribution in [-0.4, -0.2) is 37.0 Å². The molecule has 3 heteroatoms. The number of carbonyl (C=O) groups is 1. The van der Waals surface area contributed by atoms with Crippen LogP contribution in [0.2, 0.25) is 0 Å². The molecule has 0 aliphatic carbocycles. The molecule has 3 nitrogen and oxygen atoms in total. The SMILES string of the molecule is C[C@@H]1C[C@H](C)CN(CCCNC(=O)c2ccc(-c3ccccc3)cc2)C1. The summed E-state index contributed by atoms with van der Waals surface area (Å²) < 4.78 is 0. The molecular weight excluding hydrogens is 320 g/mol. The Bertz CT molecular complexity index is 686. The number of nitrogens with zero attached hydrogens (tertiary/aromatic N) is 1. The second-order valence-electron chi connectivity index (χ2n) is 7.76. The molecule has 1 heterocycles. The second kappa shape index (κ2) is 9.00. The molecule has 26 heavy (non-hydrogen) atoms. The average molecular weight is 351 g/mol. The van der Waals surface area contributed by atoms with Gasteiger partial charge in [-0.05, 0) is 54.5 Å². The van der Waals surface area contributed by atoms with Crippen LogP contribution < -0.4 is 5.32 Å². The van der Waals surface area contributed by atoms with Crippen LogP contribution in [-0.2, 0) is 0 Å². The maximum atomic E-state index is 12.3. The summed E-state index contributed by atoms with van der Waals surface area (Å²) in [5.74, 6) is 1.60. The fourth-order valence-corrected chi connectivity index (χ4v) is 4.03. The highest BCUT2D eigenvalue weighted by molar-refractivity contribution is 5.94. The van der Waals surface area contributed by atoms with Crippen molar-refractivity contribution in [3.05, 3.63) is 60.2 Å². The minimum Gasteiger partial charge on any atom is -0.352 e. The molecule has 2 aromatic carbocycles. The van der Waals surface area contributed by atoms with E-state index in [2.05, 4.69) is 36.2 Å². The smallest absolute Gasteiger partial charge is 0.251 e. The third-order valence-corrected chi connectivity index (χ3v) is 5.14. The molecule has 2 aromatic rings. The maximum Gasteiger partial charge on any atom is 0.251 e. The van der Waals surface area contributed by atoms with Gasteiger partial charge in [-0.25, -0.2) is 0 Å². The summed E-state index contributed by atoms with van der Waals surface area (Å²) in [7, 11) is 0. The van der Waals surface area contributed by atoms with Crippen LogP contribution in [0.3, 0.4) is 0 Å². The van der Waals surface area contributed by atoms with Gasteiger partial charge in [0.05, 0.1) is 0 Å². The highest BCUT2D eigenvalue weighted by atomic mass is 16.1. The molecule has 1 aliphatic rings. The summed E-state index contributed by atoms with van der Waals surface area (Å²) in [5.41, 5.74) is 3.03. The van der Waals surface area contributed by atoms with Crippen molar-refractivity contribution in [3.63, 3.8) is 0 Å². The largest absolute Gasteiger partial charge is 0.352 e. The van der Waals surface area contributed by atoms with E-state index in [0.29, 0.717) is 0 Å². The molecule has 2 atom stereocenters. The molecule has 1 fully saturated rings. The van der Waals surface area contributed by atoms with Gasteiger partial charge in [-0.15, -0.1) is 0 Å². The minimum atomic E-state index is 0.0185. The van der Waals surface area contributed by atoms with Gasteiger partial charge in [-0.2, -0.15) is 0 Å². The van der Waals surface area contributed by atoms with Gasteiger partial charge in [0.25, 0.3) is 5.91 Å². The highest BCUT2D eigenvalue weighted by Crippen LogP contribution is 2.21. The third kappa shape index (κ3) is 5.18. The monoisotopic (exact) mass is 350 g/mol. The zero-order chi connectivity index (χ0) is 18.4. The summed E-state index contributed by atoms with van der Waals surface area (Å²) >= 11 is 0. The van der Waals surface area contributed by atoms with E-state index in [-0.39, 0.29) is 5.91 Å². The molecule has 1 aliphatic heterocycles. The molecular formula is C23H30N2O. The zero-order valence-corrected chi connectivity index (χ0v) is 15.9. The van der Waals surface area contributed by atoms with Crippen molar-refractivity contribution in [2.45, 2.75) is 26.7 Å². The third-order valence-electron chi connectivity index (χ3n) is 5.14. The Balaban J connectivity index is 1.43. The number of hydrogen-bond donors (Lipinski definition) is 1. The van der Waals surface area contributed by atoms with Gasteiger partial charge < -0.3 is 10.2 Å². The van der Waals surface area contributed by atoms with Crippen LogP contribution in [0.1, 0.15) is 37.0 Å². The lowest BCUT2D eigenvalue weighted by Crippen LogP contribution is -2.40. The lowest BCUT2D eigenvalue weighted by Gasteiger charge is -2.34. The van der Waals surface area contributed by atoms with Gasteiger partial charge >= 0.3 is 0 Å². The topological polar surface area (TPSA) is 32.3 Å². The molecule has 3 rings (SSSR count). The van der Waals surface area contributed by atoms with Crippen molar-refractivity contribution in [3.8, 4) is 11.1 Å².